The minimum Gasteiger partial charge on any atom is -0.492 e. The highest BCUT2D eigenvalue weighted by atomic mass is 16.5. The van der Waals surface area contributed by atoms with Crippen LogP contribution in [0.1, 0.15) is 45.7 Å². The molecule has 1 aliphatic heterocycles. The fourth-order valence-corrected chi connectivity index (χ4v) is 4.83. The number of aliphatic carboxylic acids is 1. The molecule has 0 bridgehead atoms. The maximum absolute atomic E-state index is 11.9. The predicted molar refractivity (Wildman–Crippen MR) is 140 cm³/mol. The number of aryl methyl sites for hydroxylation is 1. The number of anilines is 2. The summed E-state index contributed by atoms with van der Waals surface area (Å²) in [5.74, 6) is 5.69. The van der Waals surface area contributed by atoms with Crippen molar-refractivity contribution in [3.63, 3.8) is 0 Å². The van der Waals surface area contributed by atoms with Crippen LogP contribution in [0.5, 0.6) is 5.75 Å². The Morgan fingerprint density at radius 3 is 2.69 bits per heavy atom. The van der Waals surface area contributed by atoms with Gasteiger partial charge < -0.3 is 20.6 Å². The van der Waals surface area contributed by atoms with E-state index in [4.69, 9.17) is 16.3 Å². The van der Waals surface area contributed by atoms with E-state index in [-0.39, 0.29) is 12.3 Å². The third kappa shape index (κ3) is 5.42. The van der Waals surface area contributed by atoms with E-state index in [1.54, 1.807) is 7.05 Å². The van der Waals surface area contributed by atoms with Crippen molar-refractivity contribution < 1.29 is 14.6 Å². The largest absolute Gasteiger partial charge is 0.492 e. The number of hydrazine groups is 1. The first-order chi connectivity index (χ1) is 16.7. The number of fused-ring (bicyclic) bond motifs is 1. The topological polar surface area (TPSA) is 105 Å². The Balaban J connectivity index is 1.67. The third-order valence-electron chi connectivity index (χ3n) is 6.87. The Labute approximate surface area is 206 Å². The van der Waals surface area contributed by atoms with Gasteiger partial charge in [0, 0.05) is 38.2 Å². The predicted octanol–water partition coefficient (Wildman–Crippen LogP) is 4.20. The van der Waals surface area contributed by atoms with Gasteiger partial charge in [-0.1, -0.05) is 42.5 Å². The second-order valence-electron chi connectivity index (χ2n) is 9.33. The highest BCUT2D eigenvalue weighted by Gasteiger charge is 2.23. The fraction of sp³-hybridized carbons (Fsp3) is 0.321. The lowest BCUT2D eigenvalue weighted by Gasteiger charge is -2.25. The van der Waals surface area contributed by atoms with Crippen molar-refractivity contribution in [3.8, 4) is 5.75 Å². The Morgan fingerprint density at radius 1 is 1.17 bits per heavy atom. The van der Waals surface area contributed by atoms with Gasteiger partial charge in [-0.25, -0.2) is 5.84 Å². The zero-order chi connectivity index (χ0) is 25.1. The van der Waals surface area contributed by atoms with Crippen LogP contribution in [0.25, 0.3) is 0 Å². The van der Waals surface area contributed by atoms with Crippen molar-refractivity contribution in [2.24, 2.45) is 5.84 Å². The van der Waals surface area contributed by atoms with Gasteiger partial charge in [-0.05, 0) is 53.8 Å². The number of nitrogens with two attached hydrogens (primary N) is 2. The highest BCUT2D eigenvalue weighted by molar-refractivity contribution is 5.74. The number of benzene rings is 3. The van der Waals surface area contributed by atoms with Crippen molar-refractivity contribution in [2.45, 2.75) is 39.3 Å². The lowest BCUT2D eigenvalue weighted by atomic mass is 9.84. The first-order valence-electron chi connectivity index (χ1n) is 11.9. The number of nitrogen functional groups attached to an aromatic ring is 1. The quantitative estimate of drug-likeness (QED) is 0.268. The van der Waals surface area contributed by atoms with Crippen LogP contribution in [0.3, 0.4) is 0 Å². The Morgan fingerprint density at radius 2 is 1.94 bits per heavy atom. The van der Waals surface area contributed by atoms with Crippen molar-refractivity contribution in [1.82, 2.24) is 4.90 Å². The lowest BCUT2D eigenvalue weighted by molar-refractivity contribution is -0.137. The van der Waals surface area contributed by atoms with E-state index >= 15 is 0 Å². The van der Waals surface area contributed by atoms with Gasteiger partial charge >= 0.3 is 5.97 Å². The SMILES string of the molecule is Cc1ccc(C(CC(=O)O)c2ccc(N(C)N)c(N)c2C)cc1CN1CCOc2ccccc2C1. The van der Waals surface area contributed by atoms with Crippen LogP contribution in [0.15, 0.2) is 54.6 Å². The van der Waals surface area contributed by atoms with Crippen LogP contribution >= 0.6 is 0 Å². The molecule has 0 saturated carbocycles. The maximum atomic E-state index is 11.9. The van der Waals surface area contributed by atoms with Crippen LogP contribution < -0.4 is 21.3 Å². The van der Waals surface area contributed by atoms with Crippen molar-refractivity contribution in [1.29, 1.82) is 0 Å². The summed E-state index contributed by atoms with van der Waals surface area (Å²) in [7, 11) is 1.73. The van der Waals surface area contributed by atoms with Crippen LogP contribution in [0, 0.1) is 13.8 Å². The molecule has 1 aliphatic rings. The van der Waals surface area contributed by atoms with Gasteiger partial charge in [-0.2, -0.15) is 0 Å². The van der Waals surface area contributed by atoms with Gasteiger partial charge in [0.05, 0.1) is 17.8 Å². The highest BCUT2D eigenvalue weighted by Crippen LogP contribution is 2.37. The van der Waals surface area contributed by atoms with E-state index < -0.39 is 5.97 Å². The average molecular weight is 475 g/mol. The van der Waals surface area contributed by atoms with E-state index in [9.17, 15) is 9.90 Å². The van der Waals surface area contributed by atoms with Gasteiger partial charge in [-0.3, -0.25) is 9.69 Å². The fourth-order valence-electron chi connectivity index (χ4n) is 4.83. The number of carboxylic acids is 1. The standard InChI is InChI=1S/C28H34N4O3/c1-18-8-9-20(14-22(18)17-32-12-13-35-26-7-5-4-6-21(26)16-32)24(15-27(33)34)23-10-11-25(31(3)30)28(29)19(23)2/h4-11,14,24H,12-13,15-17,29-30H2,1-3H3,(H,33,34). The molecule has 0 saturated heterocycles. The summed E-state index contributed by atoms with van der Waals surface area (Å²) < 4.78 is 5.93. The number of nitrogens with zero attached hydrogens (tertiary/aromatic N) is 2. The summed E-state index contributed by atoms with van der Waals surface area (Å²) in [6.45, 7) is 7.05. The zero-order valence-electron chi connectivity index (χ0n) is 20.6. The number of hydrogen-bond donors (Lipinski definition) is 3. The van der Waals surface area contributed by atoms with E-state index in [0.717, 1.165) is 42.1 Å². The second kappa shape index (κ2) is 10.4. The summed E-state index contributed by atoms with van der Waals surface area (Å²) in [4.78, 5) is 14.2. The molecule has 4 rings (SSSR count). The summed E-state index contributed by atoms with van der Waals surface area (Å²) >= 11 is 0. The van der Waals surface area contributed by atoms with E-state index in [1.165, 1.54) is 21.7 Å². The minimum absolute atomic E-state index is 0.0223. The van der Waals surface area contributed by atoms with Crippen LogP contribution in [-0.2, 0) is 17.9 Å². The van der Waals surface area contributed by atoms with Crippen LogP contribution in [-0.4, -0.2) is 36.2 Å². The zero-order valence-corrected chi connectivity index (χ0v) is 20.6. The van der Waals surface area contributed by atoms with Gasteiger partial charge in [-0.15, -0.1) is 0 Å². The smallest absolute Gasteiger partial charge is 0.304 e. The van der Waals surface area contributed by atoms with Crippen molar-refractivity contribution in [2.75, 3.05) is 30.9 Å². The molecule has 7 nitrogen and oxygen atoms in total. The van der Waals surface area contributed by atoms with E-state index in [0.29, 0.717) is 18.0 Å². The molecular formula is C28H34N4O3. The molecule has 1 atom stereocenters. The number of rotatable bonds is 7. The maximum Gasteiger partial charge on any atom is 0.304 e. The molecule has 7 heteroatoms. The Kier molecular flexibility index (Phi) is 7.28. The normalized spacial score (nSPS) is 14.5. The van der Waals surface area contributed by atoms with Crippen LogP contribution in [0.2, 0.25) is 0 Å². The van der Waals surface area contributed by atoms with Crippen molar-refractivity contribution >= 4 is 17.3 Å². The molecule has 3 aromatic carbocycles. The molecule has 184 valence electrons. The number of hydrogen-bond acceptors (Lipinski definition) is 6. The summed E-state index contributed by atoms with van der Waals surface area (Å²) in [5.41, 5.74) is 13.9. The molecule has 0 fully saturated rings. The van der Waals surface area contributed by atoms with Gasteiger partial charge in [0.1, 0.15) is 12.4 Å². The van der Waals surface area contributed by atoms with Gasteiger partial charge in [0.15, 0.2) is 0 Å². The number of carboxylic acid groups (broad SMARTS) is 1. The first-order valence-corrected chi connectivity index (χ1v) is 11.9. The molecular weight excluding hydrogens is 440 g/mol. The summed E-state index contributed by atoms with van der Waals surface area (Å²) in [6, 6.07) is 18.2. The Bertz CT molecular complexity index is 1220. The second-order valence-corrected chi connectivity index (χ2v) is 9.33. The molecule has 0 amide bonds. The van der Waals surface area contributed by atoms with Crippen LogP contribution in [0.4, 0.5) is 11.4 Å². The number of carbonyl (C=O) groups is 1. The van der Waals surface area contributed by atoms with Gasteiger partial charge in [0.2, 0.25) is 0 Å². The minimum atomic E-state index is -0.851. The summed E-state index contributed by atoms with van der Waals surface area (Å²) in [5, 5.41) is 11.2. The van der Waals surface area contributed by atoms with Gasteiger partial charge in [0.25, 0.3) is 0 Å². The molecule has 3 aromatic rings. The molecule has 0 spiro atoms. The molecule has 0 aromatic heterocycles. The molecule has 0 aliphatic carbocycles. The molecule has 1 unspecified atom stereocenters. The average Bonchev–Trinajstić information content (AvgIpc) is 3.02. The lowest BCUT2D eigenvalue weighted by Crippen LogP contribution is -2.26. The molecule has 35 heavy (non-hydrogen) atoms. The first kappa shape index (κ1) is 24.6. The number of para-hydroxylation sites is 1. The van der Waals surface area contributed by atoms with Crippen molar-refractivity contribution in [3.05, 3.63) is 88.0 Å². The molecule has 0 radical (unpaired) electrons. The van der Waals surface area contributed by atoms with E-state index in [1.807, 2.05) is 43.3 Å². The van der Waals surface area contributed by atoms with E-state index in [2.05, 4.69) is 30.0 Å². The molecule has 1 heterocycles. The summed E-state index contributed by atoms with van der Waals surface area (Å²) in [6.07, 6.45) is -0.0223. The monoisotopic (exact) mass is 474 g/mol. The molecule has 5 N–H and O–H groups in total. The third-order valence-corrected chi connectivity index (χ3v) is 6.87. The Hall–Kier alpha value is -3.55. The number of ether oxygens (including phenoxy) is 1.